The lowest BCUT2D eigenvalue weighted by molar-refractivity contribution is 0.169. The summed E-state index contributed by atoms with van der Waals surface area (Å²) >= 11 is 3.38. The number of aliphatic hydroxyl groups excluding tert-OH is 1. The maximum atomic E-state index is 9.70. The van der Waals surface area contributed by atoms with E-state index in [1.165, 1.54) is 0 Å². The molecular weight excluding hydrogens is 230 g/mol. The van der Waals surface area contributed by atoms with E-state index in [9.17, 15) is 5.11 Å². The fourth-order valence-electron chi connectivity index (χ4n) is 1.33. The van der Waals surface area contributed by atoms with E-state index in [2.05, 4.69) is 15.9 Å². The van der Waals surface area contributed by atoms with Crippen molar-refractivity contribution in [3.8, 4) is 0 Å². The molecule has 0 aliphatic rings. The second-order valence-electron chi connectivity index (χ2n) is 3.09. The van der Waals surface area contributed by atoms with Crippen LogP contribution in [0.25, 0.3) is 0 Å². The molecule has 0 amide bonds. The van der Waals surface area contributed by atoms with Crippen molar-refractivity contribution >= 4 is 15.9 Å². The van der Waals surface area contributed by atoms with E-state index in [-0.39, 0.29) is 0 Å². The Kier molecular flexibility index (Phi) is 3.90. The Labute approximate surface area is 86.9 Å². The Hall–Kier alpha value is -0.380. The van der Waals surface area contributed by atoms with E-state index in [0.29, 0.717) is 13.0 Å². The predicted molar refractivity (Wildman–Crippen MR) is 57.5 cm³/mol. The zero-order valence-corrected chi connectivity index (χ0v) is 9.21. The van der Waals surface area contributed by atoms with E-state index in [1.807, 2.05) is 25.1 Å². The van der Waals surface area contributed by atoms with Crippen LogP contribution >= 0.6 is 15.9 Å². The molecule has 0 heterocycles. The number of hydrogen-bond donors (Lipinski definition) is 2. The van der Waals surface area contributed by atoms with Crippen LogP contribution in [0.2, 0.25) is 0 Å². The van der Waals surface area contributed by atoms with Gasteiger partial charge in [0.1, 0.15) is 0 Å². The number of hydrogen-bond acceptors (Lipinski definition) is 2. The Balaban J connectivity index is 2.88. The van der Waals surface area contributed by atoms with Crippen LogP contribution in [0.5, 0.6) is 0 Å². The molecule has 0 spiro atoms. The summed E-state index contributed by atoms with van der Waals surface area (Å²) in [5, 5.41) is 9.70. The van der Waals surface area contributed by atoms with Gasteiger partial charge in [0.15, 0.2) is 0 Å². The van der Waals surface area contributed by atoms with E-state index in [1.54, 1.807) is 0 Å². The van der Waals surface area contributed by atoms with E-state index in [0.717, 1.165) is 15.6 Å². The normalized spacial score (nSPS) is 12.9. The second-order valence-corrected chi connectivity index (χ2v) is 4.01. The molecule has 0 fully saturated rings. The zero-order valence-electron chi connectivity index (χ0n) is 7.63. The fraction of sp³-hybridized carbons (Fsp3) is 0.400. The zero-order chi connectivity index (χ0) is 9.84. The number of rotatable bonds is 3. The highest BCUT2D eigenvalue weighted by Gasteiger charge is 2.08. The van der Waals surface area contributed by atoms with Crippen LogP contribution in [0, 0.1) is 6.92 Å². The van der Waals surface area contributed by atoms with E-state index < -0.39 is 6.10 Å². The summed E-state index contributed by atoms with van der Waals surface area (Å²) in [5.41, 5.74) is 7.44. The van der Waals surface area contributed by atoms with Gasteiger partial charge in [-0.1, -0.05) is 22.0 Å². The summed E-state index contributed by atoms with van der Waals surface area (Å²) in [6.45, 7) is 2.50. The Bertz CT molecular complexity index is 288. The number of aliphatic hydroxyl groups is 1. The Morgan fingerprint density at radius 1 is 1.54 bits per heavy atom. The van der Waals surface area contributed by atoms with Crippen molar-refractivity contribution in [1.29, 1.82) is 0 Å². The first-order valence-corrected chi connectivity index (χ1v) is 5.08. The number of nitrogens with two attached hydrogens (primary N) is 1. The van der Waals surface area contributed by atoms with Gasteiger partial charge in [0.05, 0.1) is 6.10 Å². The van der Waals surface area contributed by atoms with Crippen LogP contribution in [0.3, 0.4) is 0 Å². The molecule has 1 unspecified atom stereocenters. The molecule has 2 nitrogen and oxygen atoms in total. The summed E-state index contributed by atoms with van der Waals surface area (Å²) in [6, 6.07) is 5.86. The van der Waals surface area contributed by atoms with Crippen molar-refractivity contribution in [1.82, 2.24) is 0 Å². The Morgan fingerprint density at radius 3 is 2.77 bits per heavy atom. The molecule has 3 N–H and O–H groups in total. The van der Waals surface area contributed by atoms with Gasteiger partial charge in [0.2, 0.25) is 0 Å². The van der Waals surface area contributed by atoms with Crippen molar-refractivity contribution < 1.29 is 5.11 Å². The summed E-state index contributed by atoms with van der Waals surface area (Å²) < 4.78 is 1.04. The molecule has 1 aromatic rings. The standard InChI is InChI=1S/C10H14BrNO/c1-7-6-8(11)2-3-9(7)10(13)4-5-12/h2-3,6,10,13H,4-5,12H2,1H3. The highest BCUT2D eigenvalue weighted by molar-refractivity contribution is 9.10. The van der Waals surface area contributed by atoms with Gasteiger partial charge in [-0.25, -0.2) is 0 Å². The highest BCUT2D eigenvalue weighted by atomic mass is 79.9. The topological polar surface area (TPSA) is 46.2 Å². The highest BCUT2D eigenvalue weighted by Crippen LogP contribution is 2.23. The van der Waals surface area contributed by atoms with Crippen molar-refractivity contribution in [2.75, 3.05) is 6.54 Å². The van der Waals surface area contributed by atoms with Crippen molar-refractivity contribution in [2.24, 2.45) is 5.73 Å². The minimum atomic E-state index is -0.432. The van der Waals surface area contributed by atoms with E-state index >= 15 is 0 Å². The SMILES string of the molecule is Cc1cc(Br)ccc1C(O)CCN. The third-order valence-electron chi connectivity index (χ3n) is 2.03. The van der Waals surface area contributed by atoms with Gasteiger partial charge < -0.3 is 10.8 Å². The van der Waals surface area contributed by atoms with Gasteiger partial charge in [0.25, 0.3) is 0 Å². The van der Waals surface area contributed by atoms with Gasteiger partial charge in [-0.3, -0.25) is 0 Å². The number of aryl methyl sites for hydroxylation is 1. The van der Waals surface area contributed by atoms with Gasteiger partial charge in [0, 0.05) is 4.47 Å². The van der Waals surface area contributed by atoms with E-state index in [4.69, 9.17) is 5.73 Å². The van der Waals surface area contributed by atoms with Crippen LogP contribution in [0.15, 0.2) is 22.7 Å². The third-order valence-corrected chi connectivity index (χ3v) is 2.52. The van der Waals surface area contributed by atoms with Crippen molar-refractivity contribution in [3.05, 3.63) is 33.8 Å². The second kappa shape index (κ2) is 4.74. The van der Waals surface area contributed by atoms with Gasteiger partial charge >= 0.3 is 0 Å². The minimum Gasteiger partial charge on any atom is -0.388 e. The molecule has 72 valence electrons. The first-order valence-electron chi connectivity index (χ1n) is 4.29. The van der Waals surface area contributed by atoms with Gasteiger partial charge in [-0.05, 0) is 43.1 Å². The number of halogens is 1. The van der Waals surface area contributed by atoms with Crippen LogP contribution in [0.4, 0.5) is 0 Å². The third kappa shape index (κ3) is 2.79. The predicted octanol–water partition coefficient (Wildman–Crippen LogP) is 2.14. The molecule has 0 aliphatic heterocycles. The van der Waals surface area contributed by atoms with Crippen LogP contribution in [-0.2, 0) is 0 Å². The lowest BCUT2D eigenvalue weighted by Gasteiger charge is -2.12. The summed E-state index contributed by atoms with van der Waals surface area (Å²) in [4.78, 5) is 0. The molecule has 0 radical (unpaired) electrons. The lowest BCUT2D eigenvalue weighted by atomic mass is 10.0. The Morgan fingerprint density at radius 2 is 2.23 bits per heavy atom. The molecule has 3 heteroatoms. The monoisotopic (exact) mass is 243 g/mol. The maximum Gasteiger partial charge on any atom is 0.0804 e. The lowest BCUT2D eigenvalue weighted by Crippen LogP contribution is -2.07. The molecule has 0 saturated carbocycles. The first-order chi connectivity index (χ1) is 6.15. The average Bonchev–Trinajstić information content (AvgIpc) is 2.04. The van der Waals surface area contributed by atoms with Gasteiger partial charge in [-0.15, -0.1) is 0 Å². The summed E-state index contributed by atoms with van der Waals surface area (Å²) in [5.74, 6) is 0. The van der Waals surface area contributed by atoms with Gasteiger partial charge in [-0.2, -0.15) is 0 Å². The quantitative estimate of drug-likeness (QED) is 0.855. The summed E-state index contributed by atoms with van der Waals surface area (Å²) in [7, 11) is 0. The van der Waals surface area contributed by atoms with Crippen molar-refractivity contribution in [3.63, 3.8) is 0 Å². The first kappa shape index (κ1) is 10.7. The molecule has 0 saturated heterocycles. The molecule has 1 atom stereocenters. The molecular formula is C10H14BrNO. The number of benzene rings is 1. The molecule has 0 bridgehead atoms. The largest absolute Gasteiger partial charge is 0.388 e. The maximum absolute atomic E-state index is 9.70. The van der Waals surface area contributed by atoms with Crippen LogP contribution in [0.1, 0.15) is 23.7 Å². The minimum absolute atomic E-state index is 0.432. The van der Waals surface area contributed by atoms with Crippen LogP contribution in [-0.4, -0.2) is 11.7 Å². The molecule has 0 aliphatic carbocycles. The molecule has 1 aromatic carbocycles. The molecule has 0 aromatic heterocycles. The smallest absolute Gasteiger partial charge is 0.0804 e. The average molecular weight is 244 g/mol. The van der Waals surface area contributed by atoms with Crippen LogP contribution < -0.4 is 5.73 Å². The molecule has 13 heavy (non-hydrogen) atoms. The summed E-state index contributed by atoms with van der Waals surface area (Å²) in [6.07, 6.45) is 0.181. The van der Waals surface area contributed by atoms with Crippen molar-refractivity contribution in [2.45, 2.75) is 19.4 Å². The molecule has 1 rings (SSSR count). The fourth-order valence-corrected chi connectivity index (χ4v) is 1.80.